The molecule has 7 nitrogen and oxygen atoms in total. The molecule has 3 aromatic carbocycles. The summed E-state index contributed by atoms with van der Waals surface area (Å²) in [5, 5.41) is 9.00. The van der Waals surface area contributed by atoms with E-state index in [0.29, 0.717) is 55.5 Å². The van der Waals surface area contributed by atoms with E-state index in [9.17, 15) is 14.0 Å². The fraction of sp³-hybridized carbons (Fsp3) is 0.290. The number of carboxylic acid groups (broad SMARTS) is 1. The molecule has 1 N–H and O–H groups in total. The summed E-state index contributed by atoms with van der Waals surface area (Å²) in [5.74, 6) is -1.13. The first-order valence-electron chi connectivity index (χ1n) is 13.3. The number of rotatable bonds is 8. The third-order valence-corrected chi connectivity index (χ3v) is 7.16. The van der Waals surface area contributed by atoms with Gasteiger partial charge in [0.2, 0.25) is 0 Å². The van der Waals surface area contributed by atoms with Gasteiger partial charge in [0, 0.05) is 48.9 Å². The van der Waals surface area contributed by atoms with E-state index in [1.807, 2.05) is 48.2 Å². The molecule has 1 amide bonds. The van der Waals surface area contributed by atoms with E-state index in [2.05, 4.69) is 4.90 Å². The molecule has 0 saturated carbocycles. The first-order valence-corrected chi connectivity index (χ1v) is 13.3. The molecular weight excluding hydrogens is 495 g/mol. The second-order valence-electron chi connectivity index (χ2n) is 9.96. The van der Waals surface area contributed by atoms with Crippen LogP contribution in [0.4, 0.5) is 10.1 Å². The number of carbonyl (C=O) groups is 2. The van der Waals surface area contributed by atoms with Gasteiger partial charge >= 0.3 is 5.97 Å². The molecule has 39 heavy (non-hydrogen) atoms. The Morgan fingerprint density at radius 1 is 0.949 bits per heavy atom. The number of halogens is 1. The van der Waals surface area contributed by atoms with Gasteiger partial charge in [-0.2, -0.15) is 0 Å². The van der Waals surface area contributed by atoms with Crippen molar-refractivity contribution in [3.8, 4) is 11.3 Å². The van der Waals surface area contributed by atoms with E-state index in [1.165, 1.54) is 12.1 Å². The molecule has 0 radical (unpaired) electrons. The van der Waals surface area contributed by atoms with Crippen molar-refractivity contribution in [1.29, 1.82) is 0 Å². The van der Waals surface area contributed by atoms with Crippen LogP contribution in [0, 0.1) is 5.82 Å². The third-order valence-electron chi connectivity index (χ3n) is 7.16. The van der Waals surface area contributed by atoms with Crippen LogP contribution >= 0.6 is 0 Å². The number of aryl methyl sites for hydroxylation is 1. The van der Waals surface area contributed by atoms with E-state index in [4.69, 9.17) is 15.1 Å². The maximum atomic E-state index is 13.5. The number of hydrogen-bond acceptors (Lipinski definition) is 5. The van der Waals surface area contributed by atoms with Crippen molar-refractivity contribution in [2.45, 2.75) is 38.6 Å². The zero-order chi connectivity index (χ0) is 27.4. The van der Waals surface area contributed by atoms with Crippen molar-refractivity contribution in [3.05, 3.63) is 89.9 Å². The van der Waals surface area contributed by atoms with Crippen LogP contribution in [0.15, 0.2) is 72.8 Å². The van der Waals surface area contributed by atoms with Crippen LogP contribution in [0.25, 0.3) is 22.3 Å². The molecule has 5 rings (SSSR count). The second-order valence-corrected chi connectivity index (χ2v) is 9.96. The average molecular weight is 527 g/mol. The summed E-state index contributed by atoms with van der Waals surface area (Å²) in [6.45, 7) is 3.90. The van der Waals surface area contributed by atoms with E-state index >= 15 is 0 Å². The predicted molar refractivity (Wildman–Crippen MR) is 149 cm³/mol. The van der Waals surface area contributed by atoms with E-state index in [-0.39, 0.29) is 24.2 Å². The fourth-order valence-electron chi connectivity index (χ4n) is 5.11. The Hall–Kier alpha value is -4.33. The van der Waals surface area contributed by atoms with Crippen LogP contribution in [0.2, 0.25) is 0 Å². The summed E-state index contributed by atoms with van der Waals surface area (Å²) >= 11 is 0. The van der Waals surface area contributed by atoms with Crippen LogP contribution in [0.3, 0.4) is 0 Å². The standard InChI is InChI=1S/C31H31FN4O3/c1-21-20-35(25-14-12-24(32)13-15-25)17-18-36(21)31(39)23-11-16-26-28(19-23)33-27(9-5-6-10-29(37)38)30(34-26)22-7-3-2-4-8-22/h2-4,7-8,11-16,19,21H,5-6,9-10,17-18,20H2,1H3,(H,37,38). The maximum Gasteiger partial charge on any atom is 0.303 e. The normalized spacial score (nSPS) is 15.5. The monoisotopic (exact) mass is 526 g/mol. The highest BCUT2D eigenvalue weighted by molar-refractivity contribution is 5.98. The molecule has 8 heteroatoms. The summed E-state index contributed by atoms with van der Waals surface area (Å²) < 4.78 is 13.3. The molecule has 4 aromatic rings. The van der Waals surface area contributed by atoms with Gasteiger partial charge in [0.25, 0.3) is 5.91 Å². The molecule has 0 spiro atoms. The molecule has 0 aliphatic carbocycles. The number of carbonyl (C=O) groups excluding carboxylic acids is 1. The lowest BCUT2D eigenvalue weighted by molar-refractivity contribution is -0.137. The molecule has 1 unspecified atom stereocenters. The van der Waals surface area contributed by atoms with Gasteiger partial charge in [0.15, 0.2) is 0 Å². The van der Waals surface area contributed by atoms with Crippen molar-refractivity contribution < 1.29 is 19.1 Å². The molecule has 0 bridgehead atoms. The molecule has 1 fully saturated rings. The highest BCUT2D eigenvalue weighted by atomic mass is 19.1. The largest absolute Gasteiger partial charge is 0.481 e. The number of aromatic nitrogens is 2. The zero-order valence-electron chi connectivity index (χ0n) is 21.9. The Bertz CT molecular complexity index is 1480. The number of unbranched alkanes of at least 4 members (excludes halogenated alkanes) is 1. The molecule has 1 saturated heterocycles. The Morgan fingerprint density at radius 2 is 1.72 bits per heavy atom. The van der Waals surface area contributed by atoms with Gasteiger partial charge in [-0.05, 0) is 68.7 Å². The van der Waals surface area contributed by atoms with Crippen molar-refractivity contribution in [2.75, 3.05) is 24.5 Å². The minimum Gasteiger partial charge on any atom is -0.481 e. The summed E-state index contributed by atoms with van der Waals surface area (Å²) in [5.41, 5.74) is 5.38. The summed E-state index contributed by atoms with van der Waals surface area (Å²) in [6.07, 6.45) is 1.96. The van der Waals surface area contributed by atoms with Crippen molar-refractivity contribution in [2.24, 2.45) is 0 Å². The van der Waals surface area contributed by atoms with Gasteiger partial charge < -0.3 is 14.9 Å². The second kappa shape index (κ2) is 11.6. The van der Waals surface area contributed by atoms with Crippen LogP contribution in [-0.2, 0) is 11.2 Å². The van der Waals surface area contributed by atoms with Crippen molar-refractivity contribution >= 4 is 28.6 Å². The molecular formula is C31H31FN4O3. The van der Waals surface area contributed by atoms with E-state index in [0.717, 1.165) is 22.6 Å². The Morgan fingerprint density at radius 3 is 2.44 bits per heavy atom. The van der Waals surface area contributed by atoms with Crippen molar-refractivity contribution in [3.63, 3.8) is 0 Å². The number of amides is 1. The average Bonchev–Trinajstić information content (AvgIpc) is 2.95. The number of piperazine rings is 1. The predicted octanol–water partition coefficient (Wildman–Crippen LogP) is 5.58. The Labute approximate surface area is 226 Å². The number of hydrogen-bond donors (Lipinski definition) is 1. The SMILES string of the molecule is CC1CN(c2ccc(F)cc2)CCN1C(=O)c1ccc2nc(-c3ccccc3)c(CCCCC(=O)O)nc2c1. The lowest BCUT2D eigenvalue weighted by Crippen LogP contribution is -2.54. The van der Waals surface area contributed by atoms with Gasteiger partial charge in [-0.15, -0.1) is 0 Å². The van der Waals surface area contributed by atoms with Gasteiger partial charge in [0.05, 0.1) is 22.4 Å². The summed E-state index contributed by atoms with van der Waals surface area (Å²) in [6, 6.07) is 21.7. The third kappa shape index (κ3) is 6.06. The molecule has 2 heterocycles. The topological polar surface area (TPSA) is 86.6 Å². The zero-order valence-corrected chi connectivity index (χ0v) is 21.9. The first-order chi connectivity index (χ1) is 18.9. The van der Waals surface area contributed by atoms with Gasteiger partial charge in [-0.25, -0.2) is 14.4 Å². The van der Waals surface area contributed by atoms with Crippen LogP contribution in [0.5, 0.6) is 0 Å². The highest BCUT2D eigenvalue weighted by Gasteiger charge is 2.28. The van der Waals surface area contributed by atoms with E-state index in [1.54, 1.807) is 24.3 Å². The number of benzene rings is 3. The van der Waals surface area contributed by atoms with Gasteiger partial charge in [-0.3, -0.25) is 9.59 Å². The smallest absolute Gasteiger partial charge is 0.303 e. The van der Waals surface area contributed by atoms with Crippen LogP contribution < -0.4 is 4.90 Å². The number of nitrogens with zero attached hydrogens (tertiary/aromatic N) is 4. The molecule has 1 aromatic heterocycles. The fourth-order valence-corrected chi connectivity index (χ4v) is 5.11. The molecule has 1 atom stereocenters. The number of aliphatic carboxylic acids is 1. The number of fused-ring (bicyclic) bond motifs is 1. The van der Waals surface area contributed by atoms with Gasteiger partial charge in [-0.1, -0.05) is 30.3 Å². The minimum atomic E-state index is -0.807. The van der Waals surface area contributed by atoms with Crippen LogP contribution in [-0.4, -0.2) is 57.5 Å². The number of carboxylic acids is 1. The summed E-state index contributed by atoms with van der Waals surface area (Å²) in [7, 11) is 0. The first kappa shape index (κ1) is 26.3. The minimum absolute atomic E-state index is 0.0247. The molecule has 1 aliphatic rings. The Kier molecular flexibility index (Phi) is 7.81. The van der Waals surface area contributed by atoms with Gasteiger partial charge in [0.1, 0.15) is 5.82 Å². The van der Waals surface area contributed by atoms with Crippen LogP contribution in [0.1, 0.15) is 42.2 Å². The van der Waals surface area contributed by atoms with E-state index < -0.39 is 5.97 Å². The molecule has 200 valence electrons. The quantitative estimate of drug-likeness (QED) is 0.302. The highest BCUT2D eigenvalue weighted by Crippen LogP contribution is 2.27. The van der Waals surface area contributed by atoms with Crippen molar-refractivity contribution in [1.82, 2.24) is 14.9 Å². The maximum absolute atomic E-state index is 13.5. The number of anilines is 1. The lowest BCUT2D eigenvalue weighted by Gasteiger charge is -2.41. The Balaban J connectivity index is 1.38. The lowest BCUT2D eigenvalue weighted by atomic mass is 10.0. The molecule has 1 aliphatic heterocycles. The summed E-state index contributed by atoms with van der Waals surface area (Å²) in [4.78, 5) is 38.4.